The van der Waals surface area contributed by atoms with Crippen molar-refractivity contribution in [2.24, 2.45) is 0 Å². The molecule has 0 saturated carbocycles. The van der Waals surface area contributed by atoms with Crippen LogP contribution in [0.5, 0.6) is 5.88 Å². The van der Waals surface area contributed by atoms with Crippen molar-refractivity contribution in [3.8, 4) is 5.88 Å². The van der Waals surface area contributed by atoms with E-state index in [0.29, 0.717) is 12.4 Å². The summed E-state index contributed by atoms with van der Waals surface area (Å²) >= 11 is 0. The lowest BCUT2D eigenvalue weighted by molar-refractivity contribution is 0.397. The monoisotopic (exact) mass is 268 g/mol. The normalized spacial score (nSPS) is 10.8. The molecule has 0 amide bonds. The number of benzene rings is 1. The topological polar surface area (TPSA) is 47.3 Å². The quantitative estimate of drug-likeness (QED) is 0.772. The number of aromatic nitrogens is 1. The fourth-order valence-corrected chi connectivity index (χ4v) is 2.09. The van der Waals surface area contributed by atoms with Gasteiger partial charge in [-0.15, -0.1) is 0 Å². The van der Waals surface area contributed by atoms with Crippen molar-refractivity contribution in [1.82, 2.24) is 10.3 Å². The van der Waals surface area contributed by atoms with Gasteiger partial charge in [-0.2, -0.15) is 0 Å². The lowest BCUT2D eigenvalue weighted by Crippen LogP contribution is -2.12. The van der Waals surface area contributed by atoms with Gasteiger partial charge in [-0.05, 0) is 17.7 Å². The number of para-hydroxylation sites is 1. The lowest BCUT2D eigenvalue weighted by Gasteiger charge is -2.03. The molecule has 0 aliphatic heterocycles. The zero-order valence-electron chi connectivity index (χ0n) is 11.3. The van der Waals surface area contributed by atoms with Crippen LogP contribution in [-0.4, -0.2) is 12.1 Å². The van der Waals surface area contributed by atoms with Crippen LogP contribution < -0.4 is 10.1 Å². The number of nitrogens with one attached hydrogen (secondary N) is 1. The van der Waals surface area contributed by atoms with E-state index in [-0.39, 0.29) is 0 Å². The average Bonchev–Trinajstić information content (AvgIpc) is 2.90. The van der Waals surface area contributed by atoms with Gasteiger partial charge < -0.3 is 14.5 Å². The van der Waals surface area contributed by atoms with Crippen molar-refractivity contribution >= 4 is 11.0 Å². The third kappa shape index (κ3) is 2.81. The average molecular weight is 268 g/mol. The van der Waals surface area contributed by atoms with E-state index in [9.17, 15) is 0 Å². The molecule has 20 heavy (non-hydrogen) atoms. The number of ether oxygens (including phenoxy) is 1. The largest absolute Gasteiger partial charge is 0.481 e. The Bertz CT molecular complexity index is 656. The van der Waals surface area contributed by atoms with Crippen LogP contribution in [0.4, 0.5) is 0 Å². The van der Waals surface area contributed by atoms with Gasteiger partial charge in [0, 0.05) is 24.2 Å². The van der Waals surface area contributed by atoms with Crippen molar-refractivity contribution in [2.75, 3.05) is 7.11 Å². The smallest absolute Gasteiger partial charge is 0.212 e. The molecule has 3 aromatic rings. The SMILES string of the molecule is COc1ccc(CNCc2cc3ccccc3o2)cn1. The molecule has 3 rings (SSSR count). The van der Waals surface area contributed by atoms with E-state index >= 15 is 0 Å². The molecule has 0 unspecified atom stereocenters. The Labute approximate surface area is 117 Å². The molecule has 0 bridgehead atoms. The number of furan rings is 1. The van der Waals surface area contributed by atoms with Gasteiger partial charge in [-0.3, -0.25) is 0 Å². The number of methoxy groups -OCH3 is 1. The van der Waals surface area contributed by atoms with Crippen LogP contribution in [0, 0.1) is 0 Å². The minimum absolute atomic E-state index is 0.631. The molecule has 0 radical (unpaired) electrons. The molecule has 0 fully saturated rings. The highest BCUT2D eigenvalue weighted by Gasteiger charge is 2.02. The highest BCUT2D eigenvalue weighted by Crippen LogP contribution is 2.18. The van der Waals surface area contributed by atoms with Gasteiger partial charge in [-0.25, -0.2) is 4.98 Å². The van der Waals surface area contributed by atoms with Gasteiger partial charge in [0.1, 0.15) is 11.3 Å². The first kappa shape index (κ1) is 12.7. The zero-order chi connectivity index (χ0) is 13.8. The molecular formula is C16H16N2O2. The summed E-state index contributed by atoms with van der Waals surface area (Å²) in [5.74, 6) is 1.57. The second-order valence-corrected chi connectivity index (χ2v) is 4.56. The summed E-state index contributed by atoms with van der Waals surface area (Å²) in [6.07, 6.45) is 1.81. The standard InChI is InChI=1S/C16H16N2O2/c1-19-16-7-6-12(10-18-16)9-17-11-14-8-13-4-2-3-5-15(13)20-14/h2-8,10,17H,9,11H2,1H3. The van der Waals surface area contributed by atoms with Gasteiger partial charge in [0.25, 0.3) is 0 Å². The maximum Gasteiger partial charge on any atom is 0.212 e. The molecule has 1 N–H and O–H groups in total. The predicted octanol–water partition coefficient (Wildman–Crippen LogP) is 3.13. The van der Waals surface area contributed by atoms with Crippen LogP contribution >= 0.6 is 0 Å². The molecule has 1 aromatic carbocycles. The Morgan fingerprint density at radius 2 is 2.05 bits per heavy atom. The number of pyridine rings is 1. The van der Waals surface area contributed by atoms with Crippen LogP contribution in [-0.2, 0) is 13.1 Å². The van der Waals surface area contributed by atoms with Gasteiger partial charge in [0.2, 0.25) is 5.88 Å². The molecule has 102 valence electrons. The van der Waals surface area contributed by atoms with Crippen molar-refractivity contribution in [2.45, 2.75) is 13.1 Å². The first-order chi connectivity index (χ1) is 9.85. The van der Waals surface area contributed by atoms with Gasteiger partial charge in [0.15, 0.2) is 0 Å². The summed E-state index contributed by atoms with van der Waals surface area (Å²) in [4.78, 5) is 4.17. The van der Waals surface area contributed by atoms with E-state index in [4.69, 9.17) is 9.15 Å². The maximum atomic E-state index is 5.74. The third-order valence-corrected chi connectivity index (χ3v) is 3.11. The zero-order valence-corrected chi connectivity index (χ0v) is 11.3. The Morgan fingerprint density at radius 3 is 2.80 bits per heavy atom. The summed E-state index contributed by atoms with van der Waals surface area (Å²) in [5.41, 5.74) is 2.04. The van der Waals surface area contributed by atoms with Crippen molar-refractivity contribution in [3.05, 3.63) is 60.0 Å². The van der Waals surface area contributed by atoms with Crippen LogP contribution in [0.15, 0.2) is 53.1 Å². The molecule has 0 aliphatic carbocycles. The van der Waals surface area contributed by atoms with Gasteiger partial charge in [-0.1, -0.05) is 24.3 Å². The second kappa shape index (κ2) is 5.75. The molecule has 4 heteroatoms. The Balaban J connectivity index is 1.58. The summed E-state index contributed by atoms with van der Waals surface area (Å²) in [6, 6.07) is 13.9. The fraction of sp³-hybridized carbons (Fsp3) is 0.188. The summed E-state index contributed by atoms with van der Waals surface area (Å²) in [6.45, 7) is 1.44. The third-order valence-electron chi connectivity index (χ3n) is 3.11. The Morgan fingerprint density at radius 1 is 1.15 bits per heavy atom. The molecule has 0 spiro atoms. The van der Waals surface area contributed by atoms with Crippen LogP contribution in [0.1, 0.15) is 11.3 Å². The minimum Gasteiger partial charge on any atom is -0.481 e. The van der Waals surface area contributed by atoms with Crippen LogP contribution in [0.25, 0.3) is 11.0 Å². The van der Waals surface area contributed by atoms with E-state index in [1.54, 1.807) is 7.11 Å². The van der Waals surface area contributed by atoms with E-state index in [1.807, 2.05) is 36.5 Å². The molecule has 2 heterocycles. The Hall–Kier alpha value is -2.33. The number of fused-ring (bicyclic) bond motifs is 1. The fourth-order valence-electron chi connectivity index (χ4n) is 2.09. The number of hydrogen-bond donors (Lipinski definition) is 1. The molecule has 0 atom stereocenters. The van der Waals surface area contributed by atoms with Gasteiger partial charge in [0.05, 0.1) is 13.7 Å². The Kier molecular flexibility index (Phi) is 3.65. The minimum atomic E-state index is 0.631. The first-order valence-electron chi connectivity index (χ1n) is 6.52. The molecule has 0 aliphatic rings. The molecule has 4 nitrogen and oxygen atoms in total. The van der Waals surface area contributed by atoms with Crippen LogP contribution in [0.2, 0.25) is 0 Å². The van der Waals surface area contributed by atoms with Gasteiger partial charge >= 0.3 is 0 Å². The molecule has 0 saturated heterocycles. The van der Waals surface area contributed by atoms with E-state index in [0.717, 1.165) is 28.8 Å². The van der Waals surface area contributed by atoms with Crippen LogP contribution in [0.3, 0.4) is 0 Å². The second-order valence-electron chi connectivity index (χ2n) is 4.56. The highest BCUT2D eigenvalue weighted by molar-refractivity contribution is 5.77. The van der Waals surface area contributed by atoms with Crippen molar-refractivity contribution in [3.63, 3.8) is 0 Å². The summed E-state index contributed by atoms with van der Waals surface area (Å²) < 4.78 is 10.8. The van der Waals surface area contributed by atoms with E-state index in [2.05, 4.69) is 22.4 Å². The van der Waals surface area contributed by atoms with Crippen molar-refractivity contribution < 1.29 is 9.15 Å². The summed E-state index contributed by atoms with van der Waals surface area (Å²) in [7, 11) is 1.61. The summed E-state index contributed by atoms with van der Waals surface area (Å²) in [5, 5.41) is 4.48. The maximum absolute atomic E-state index is 5.74. The lowest BCUT2D eigenvalue weighted by atomic mass is 10.2. The van der Waals surface area contributed by atoms with E-state index in [1.165, 1.54) is 0 Å². The first-order valence-corrected chi connectivity index (χ1v) is 6.52. The highest BCUT2D eigenvalue weighted by atomic mass is 16.5. The predicted molar refractivity (Wildman–Crippen MR) is 77.5 cm³/mol. The number of rotatable bonds is 5. The number of nitrogens with zero attached hydrogens (tertiary/aromatic N) is 1. The molecular weight excluding hydrogens is 252 g/mol. The molecule has 2 aromatic heterocycles. The number of hydrogen-bond acceptors (Lipinski definition) is 4. The van der Waals surface area contributed by atoms with E-state index < -0.39 is 0 Å². The van der Waals surface area contributed by atoms with Crippen molar-refractivity contribution in [1.29, 1.82) is 0 Å².